The Balaban J connectivity index is 1.73. The van der Waals surface area contributed by atoms with Crippen LogP contribution in [0.5, 0.6) is 5.75 Å². The topological polar surface area (TPSA) is 124 Å². The fourth-order valence-electron chi connectivity index (χ4n) is 3.68. The molecular formula is C23H27N5O3. The maximum Gasteiger partial charge on any atom is 0.224 e. The van der Waals surface area contributed by atoms with E-state index in [1.807, 2.05) is 32.0 Å². The second-order valence-corrected chi connectivity index (χ2v) is 8.03. The predicted molar refractivity (Wildman–Crippen MR) is 117 cm³/mol. The molecule has 3 aromatic rings. The largest absolute Gasteiger partial charge is 0.496 e. The summed E-state index contributed by atoms with van der Waals surface area (Å²) < 4.78 is 5.36. The van der Waals surface area contributed by atoms with Gasteiger partial charge in [0.1, 0.15) is 11.8 Å². The number of ketones is 1. The van der Waals surface area contributed by atoms with Crippen molar-refractivity contribution in [2.24, 2.45) is 11.8 Å². The second-order valence-electron chi connectivity index (χ2n) is 8.03. The van der Waals surface area contributed by atoms with Crippen molar-refractivity contribution in [3.05, 3.63) is 47.9 Å². The summed E-state index contributed by atoms with van der Waals surface area (Å²) in [6.07, 6.45) is 2.53. The lowest BCUT2D eigenvalue weighted by Crippen LogP contribution is -2.40. The van der Waals surface area contributed by atoms with E-state index in [0.29, 0.717) is 24.3 Å². The molecule has 2 unspecified atom stereocenters. The van der Waals surface area contributed by atoms with Crippen molar-refractivity contribution in [1.29, 1.82) is 5.26 Å². The van der Waals surface area contributed by atoms with E-state index < -0.39 is 12.0 Å². The quantitative estimate of drug-likeness (QED) is 0.433. The molecule has 1 amide bonds. The van der Waals surface area contributed by atoms with Crippen LogP contribution in [-0.2, 0) is 11.2 Å². The molecule has 0 saturated carbocycles. The first-order chi connectivity index (χ1) is 14.9. The van der Waals surface area contributed by atoms with Crippen molar-refractivity contribution < 1.29 is 14.3 Å². The Morgan fingerprint density at radius 1 is 1.29 bits per heavy atom. The molecule has 2 heterocycles. The number of hydrogen-bond acceptors (Lipinski definition) is 5. The smallest absolute Gasteiger partial charge is 0.224 e. The number of aromatic amines is 2. The molecule has 8 nitrogen and oxygen atoms in total. The number of H-pyrrole nitrogens is 2. The van der Waals surface area contributed by atoms with Gasteiger partial charge in [-0.1, -0.05) is 19.9 Å². The number of aromatic nitrogens is 3. The number of methoxy groups -OCH3 is 1. The molecule has 8 heteroatoms. The highest BCUT2D eigenvalue weighted by Crippen LogP contribution is 2.27. The van der Waals surface area contributed by atoms with Crippen molar-refractivity contribution >= 4 is 22.6 Å². The number of nitrogens with one attached hydrogen (secondary N) is 3. The first-order valence-corrected chi connectivity index (χ1v) is 10.3. The SMILES string of the molecule is COc1cccc2[nH]c(C(=O)CC(CC(C)C)C(=O)NC(C#N)Cc3ccn[nH]3)cc12. The first kappa shape index (κ1) is 22.1. The van der Waals surface area contributed by atoms with E-state index >= 15 is 0 Å². The van der Waals surface area contributed by atoms with Crippen LogP contribution in [0.2, 0.25) is 0 Å². The van der Waals surface area contributed by atoms with Crippen LogP contribution in [0.25, 0.3) is 10.9 Å². The van der Waals surface area contributed by atoms with Crippen LogP contribution in [0, 0.1) is 23.2 Å². The van der Waals surface area contributed by atoms with E-state index in [1.165, 1.54) is 0 Å². The van der Waals surface area contributed by atoms with Crippen LogP contribution < -0.4 is 10.1 Å². The molecule has 162 valence electrons. The van der Waals surface area contributed by atoms with Gasteiger partial charge in [0, 0.05) is 41.6 Å². The zero-order valence-corrected chi connectivity index (χ0v) is 17.9. The highest BCUT2D eigenvalue weighted by atomic mass is 16.5. The van der Waals surface area contributed by atoms with Gasteiger partial charge in [0.2, 0.25) is 5.91 Å². The fourth-order valence-corrected chi connectivity index (χ4v) is 3.68. The number of nitrogens with zero attached hydrogens (tertiary/aromatic N) is 2. The lowest BCUT2D eigenvalue weighted by Gasteiger charge is -2.20. The third kappa shape index (κ3) is 5.51. The molecule has 0 aliphatic heterocycles. The van der Waals surface area contributed by atoms with Crippen LogP contribution >= 0.6 is 0 Å². The van der Waals surface area contributed by atoms with Crippen molar-refractivity contribution in [2.45, 2.75) is 39.2 Å². The van der Waals surface area contributed by atoms with Gasteiger partial charge in [0.05, 0.1) is 18.9 Å². The van der Waals surface area contributed by atoms with Gasteiger partial charge in [0.15, 0.2) is 5.78 Å². The van der Waals surface area contributed by atoms with Gasteiger partial charge in [-0.05, 0) is 36.6 Å². The summed E-state index contributed by atoms with van der Waals surface area (Å²) >= 11 is 0. The number of fused-ring (bicyclic) bond motifs is 1. The van der Waals surface area contributed by atoms with Gasteiger partial charge >= 0.3 is 0 Å². The third-order valence-electron chi connectivity index (χ3n) is 5.16. The molecule has 31 heavy (non-hydrogen) atoms. The number of hydrogen-bond donors (Lipinski definition) is 3. The normalized spacial score (nSPS) is 13.0. The molecule has 0 bridgehead atoms. The summed E-state index contributed by atoms with van der Waals surface area (Å²) in [5.74, 6) is -0.0687. The summed E-state index contributed by atoms with van der Waals surface area (Å²) in [5.41, 5.74) is 2.00. The van der Waals surface area contributed by atoms with E-state index in [0.717, 1.165) is 16.6 Å². The fraction of sp³-hybridized carbons (Fsp3) is 0.391. The average molecular weight is 422 g/mol. The molecule has 3 N–H and O–H groups in total. The first-order valence-electron chi connectivity index (χ1n) is 10.3. The molecule has 2 atom stereocenters. The number of carbonyl (C=O) groups excluding carboxylic acids is 2. The Bertz CT molecular complexity index is 1080. The molecule has 0 spiro atoms. The van der Waals surface area contributed by atoms with Crippen LogP contribution in [0.4, 0.5) is 0 Å². The van der Waals surface area contributed by atoms with E-state index in [-0.39, 0.29) is 24.0 Å². The van der Waals surface area contributed by atoms with Crippen LogP contribution in [0.1, 0.15) is 42.9 Å². The number of nitriles is 1. The van der Waals surface area contributed by atoms with E-state index in [1.54, 1.807) is 25.4 Å². The number of carbonyl (C=O) groups is 2. The van der Waals surface area contributed by atoms with E-state index in [4.69, 9.17) is 4.74 Å². The maximum atomic E-state index is 13.0. The molecule has 0 radical (unpaired) electrons. The molecule has 2 aromatic heterocycles. The molecule has 0 saturated heterocycles. The van der Waals surface area contributed by atoms with Crippen LogP contribution in [0.15, 0.2) is 36.5 Å². The summed E-state index contributed by atoms with van der Waals surface area (Å²) in [6, 6.07) is 10.5. The Hall–Kier alpha value is -3.60. The molecule has 3 rings (SSSR count). The number of Topliss-reactive ketones (excluding diaryl/α,β-unsaturated/α-hetero) is 1. The minimum atomic E-state index is -0.699. The minimum Gasteiger partial charge on any atom is -0.496 e. The summed E-state index contributed by atoms with van der Waals surface area (Å²) in [4.78, 5) is 29.1. The number of rotatable bonds is 10. The minimum absolute atomic E-state index is 0.0569. The van der Waals surface area contributed by atoms with Gasteiger partial charge in [-0.25, -0.2) is 0 Å². The standard InChI is InChI=1S/C23H27N5O3/c1-14(2)9-15(23(30)26-17(13-24)11-16-7-8-25-28-16)10-21(29)20-12-18-19(27-20)5-4-6-22(18)31-3/h4-8,12,14-15,17,27H,9-11H2,1-3H3,(H,25,28)(H,26,30). The second kappa shape index (κ2) is 9.94. The van der Waals surface area contributed by atoms with E-state index in [9.17, 15) is 14.9 Å². The van der Waals surface area contributed by atoms with Crippen molar-refractivity contribution in [3.8, 4) is 11.8 Å². The highest BCUT2D eigenvalue weighted by Gasteiger charge is 2.26. The van der Waals surface area contributed by atoms with Gasteiger partial charge in [-0.2, -0.15) is 10.4 Å². The molecule has 0 fully saturated rings. The Morgan fingerprint density at radius 2 is 2.10 bits per heavy atom. The summed E-state index contributed by atoms with van der Waals surface area (Å²) in [6.45, 7) is 4.01. The van der Waals surface area contributed by atoms with Crippen LogP contribution in [-0.4, -0.2) is 40.0 Å². The van der Waals surface area contributed by atoms with Crippen LogP contribution in [0.3, 0.4) is 0 Å². The van der Waals surface area contributed by atoms with Crippen molar-refractivity contribution in [2.75, 3.05) is 7.11 Å². The molecule has 1 aromatic carbocycles. The molecule has 0 aliphatic carbocycles. The third-order valence-corrected chi connectivity index (χ3v) is 5.16. The molecule has 0 aliphatic rings. The lowest BCUT2D eigenvalue weighted by atomic mass is 9.90. The van der Waals surface area contributed by atoms with Gasteiger partial charge in [0.25, 0.3) is 0 Å². The highest BCUT2D eigenvalue weighted by molar-refractivity contribution is 6.02. The van der Waals surface area contributed by atoms with E-state index in [2.05, 4.69) is 26.6 Å². The average Bonchev–Trinajstić information content (AvgIpc) is 3.41. The van der Waals surface area contributed by atoms with Gasteiger partial charge in [-0.15, -0.1) is 0 Å². The predicted octanol–water partition coefficient (Wildman–Crippen LogP) is 3.39. The summed E-state index contributed by atoms with van der Waals surface area (Å²) in [7, 11) is 1.58. The zero-order chi connectivity index (χ0) is 22.4. The number of amides is 1. The number of ether oxygens (including phenoxy) is 1. The maximum absolute atomic E-state index is 13.0. The number of benzene rings is 1. The van der Waals surface area contributed by atoms with Crippen molar-refractivity contribution in [1.82, 2.24) is 20.5 Å². The lowest BCUT2D eigenvalue weighted by molar-refractivity contribution is -0.125. The Kier molecular flexibility index (Phi) is 7.08. The van der Waals surface area contributed by atoms with Crippen molar-refractivity contribution in [3.63, 3.8) is 0 Å². The van der Waals surface area contributed by atoms with Gasteiger partial charge < -0.3 is 15.0 Å². The Labute approximate surface area is 181 Å². The summed E-state index contributed by atoms with van der Waals surface area (Å²) in [5, 5.41) is 19.7. The monoisotopic (exact) mass is 421 g/mol. The molecular weight excluding hydrogens is 394 g/mol. The van der Waals surface area contributed by atoms with Gasteiger partial charge in [-0.3, -0.25) is 14.7 Å². The zero-order valence-electron chi connectivity index (χ0n) is 17.9. The Morgan fingerprint density at radius 3 is 2.74 bits per heavy atom.